The van der Waals surface area contributed by atoms with Gasteiger partial charge in [-0.25, -0.2) is 19.2 Å². The minimum absolute atomic E-state index is 0.263. The normalized spacial score (nSPS) is 11.0. The van der Waals surface area contributed by atoms with E-state index in [1.807, 2.05) is 139 Å². The number of carbonyl (C=O) groups excluding carboxylic acids is 4. The molecule has 0 amide bonds. The number of hydrogen-bond acceptors (Lipinski definition) is 8. The third-order valence-electron chi connectivity index (χ3n) is 17.4. The lowest BCUT2D eigenvalue weighted by Crippen LogP contribution is -2.15. The van der Waals surface area contributed by atoms with Gasteiger partial charge in [0, 0.05) is 36.4 Å². The van der Waals surface area contributed by atoms with Gasteiger partial charge in [0.1, 0.15) is 23.0 Å². The van der Waals surface area contributed by atoms with Crippen LogP contribution in [0, 0.1) is 41.5 Å². The van der Waals surface area contributed by atoms with Crippen molar-refractivity contribution in [1.29, 1.82) is 0 Å². The van der Waals surface area contributed by atoms with Crippen molar-refractivity contribution in [2.24, 2.45) is 0 Å². The van der Waals surface area contributed by atoms with Crippen LogP contribution in [0.1, 0.15) is 74.8 Å². The second-order valence-corrected chi connectivity index (χ2v) is 33.2. The van der Waals surface area contributed by atoms with Gasteiger partial charge < -0.3 is 18.9 Å². The van der Waals surface area contributed by atoms with Crippen LogP contribution in [0.4, 0.5) is 0 Å². The van der Waals surface area contributed by atoms with Crippen molar-refractivity contribution in [3.8, 4) is 23.0 Å². The quantitative estimate of drug-likeness (QED) is 0.0422. The first-order valence-electron chi connectivity index (χ1n) is 34.6. The van der Waals surface area contributed by atoms with Crippen LogP contribution in [0.3, 0.4) is 0 Å². The van der Waals surface area contributed by atoms with E-state index in [0.29, 0.717) is 34.1 Å². The van der Waals surface area contributed by atoms with Crippen molar-refractivity contribution in [2.45, 2.75) is 100 Å². The maximum absolute atomic E-state index is 13.6. The summed E-state index contributed by atoms with van der Waals surface area (Å²) >= 11 is 0. The summed E-state index contributed by atoms with van der Waals surface area (Å²) in [5.74, 6) is -0.0837. The summed E-state index contributed by atoms with van der Waals surface area (Å²) in [6.45, 7) is 11.8. The van der Waals surface area contributed by atoms with E-state index in [9.17, 15) is 19.2 Å². The standard InChI is InChI=1S/C48H40O4S2.C46H36O4S2/c1-33-28-43(53(39-20-9-5-10-21-39)40-22-11-6-12-23-40)29-34(2)45(33)51-47(49)37-18-17-19-38(32-37)48(50)52-46-35(3)30-44(31-36(46)4)54(41-24-13-7-14-25-41)42-26-15-8-16-27-42;1-33-31-43(52(40-19-11-5-12-20-40)41-21-13-6-14-22-41)32-34(2)44(33)50-46(48)36-25-23-35(24-26-36)45(47)49-37-27-29-42(30-28-37)51(38-15-7-3-8-16-38)39-17-9-4-10-18-39/h5-32H,1-4H3;3-32H,1-2H3/q2*+2. The Balaban J connectivity index is 0.000000188. The van der Waals surface area contributed by atoms with Crippen LogP contribution in [-0.4, -0.2) is 23.9 Å². The Morgan fingerprint density at radius 2 is 0.387 bits per heavy atom. The number of ether oxygens (including phenoxy) is 4. The maximum atomic E-state index is 13.6. The Labute approximate surface area is 631 Å². The van der Waals surface area contributed by atoms with Crippen molar-refractivity contribution in [1.82, 2.24) is 0 Å². The predicted molar refractivity (Wildman–Crippen MR) is 427 cm³/mol. The molecule has 0 aliphatic carbocycles. The number of hydrogen-bond donors (Lipinski definition) is 0. The summed E-state index contributed by atoms with van der Waals surface area (Å²) in [5, 5.41) is 0. The average Bonchev–Trinajstić information content (AvgIpc) is 0.813. The number of benzene rings is 14. The SMILES string of the molecule is Cc1cc([S+](c2ccccc2)c2ccccc2)cc(C)c1OC(=O)c1ccc(C(=O)Oc2ccc([S+](c3ccccc3)c3ccccc3)cc2)cc1.Cc1cc([S+](c2ccccc2)c2ccccc2)cc(C)c1OC(=O)c1cccc(C(=O)Oc2c(C)cc([S+](c3ccccc3)c3ccccc3)cc2C)c1. The van der Waals surface area contributed by atoms with E-state index in [1.165, 1.54) is 45.2 Å². The first kappa shape index (κ1) is 72.7. The Hall–Kier alpha value is -11.6. The fraction of sp³-hybridized carbons (Fsp3) is 0.0638. The number of rotatable bonds is 20. The molecule has 0 spiro atoms. The number of esters is 4. The number of carbonyl (C=O) groups is 4. The Kier molecular flexibility index (Phi) is 23.5. The highest BCUT2D eigenvalue weighted by molar-refractivity contribution is 7.98. The van der Waals surface area contributed by atoms with E-state index in [2.05, 4.69) is 206 Å². The van der Waals surface area contributed by atoms with Gasteiger partial charge in [0.15, 0.2) is 58.7 Å². The number of aryl methyl sites for hydroxylation is 6. The molecule has 0 heterocycles. The smallest absolute Gasteiger partial charge is 0.343 e. The molecule has 12 heteroatoms. The summed E-state index contributed by atoms with van der Waals surface area (Å²) < 4.78 is 23.7. The average molecular weight is 1460 g/mol. The molecular weight excluding hydrogens is 1390 g/mol. The van der Waals surface area contributed by atoms with Gasteiger partial charge >= 0.3 is 23.9 Å². The molecule has 0 aliphatic rings. The molecule has 14 rings (SSSR count). The van der Waals surface area contributed by atoms with Gasteiger partial charge in [-0.1, -0.05) is 152 Å². The van der Waals surface area contributed by atoms with Crippen molar-refractivity contribution in [3.63, 3.8) is 0 Å². The zero-order valence-electron chi connectivity index (χ0n) is 59.4. The Bertz CT molecular complexity index is 4970. The van der Waals surface area contributed by atoms with Gasteiger partial charge in [0.2, 0.25) is 0 Å². The Morgan fingerprint density at radius 1 is 0.189 bits per heavy atom. The topological polar surface area (TPSA) is 105 Å². The third kappa shape index (κ3) is 17.4. The molecule has 0 saturated carbocycles. The molecule has 0 aromatic heterocycles. The predicted octanol–water partition coefficient (Wildman–Crippen LogP) is 22.5. The summed E-state index contributed by atoms with van der Waals surface area (Å²) in [5.41, 5.74) is 6.37. The molecule has 0 fully saturated rings. The highest BCUT2D eigenvalue weighted by atomic mass is 32.2. The molecule has 0 aliphatic heterocycles. The lowest BCUT2D eigenvalue weighted by Gasteiger charge is -2.15. The fourth-order valence-corrected chi connectivity index (χ4v) is 21.3. The molecule has 0 atom stereocenters. The fourth-order valence-electron chi connectivity index (χ4n) is 12.4. The van der Waals surface area contributed by atoms with E-state index in [-0.39, 0.29) is 54.7 Å². The molecule has 106 heavy (non-hydrogen) atoms. The van der Waals surface area contributed by atoms with Crippen LogP contribution in [0.15, 0.2) is 411 Å². The molecular formula is C94H76O8S4+4. The first-order chi connectivity index (χ1) is 51.7. The van der Waals surface area contributed by atoms with Crippen molar-refractivity contribution in [3.05, 3.63) is 407 Å². The molecule has 8 nitrogen and oxygen atoms in total. The largest absolute Gasteiger partial charge is 0.423 e. The van der Waals surface area contributed by atoms with E-state index in [0.717, 1.165) is 53.0 Å². The molecule has 0 radical (unpaired) electrons. The Morgan fingerprint density at radius 3 is 0.623 bits per heavy atom. The summed E-state index contributed by atoms with van der Waals surface area (Å²) in [7, 11) is -1.29. The molecule has 0 N–H and O–H groups in total. The van der Waals surface area contributed by atoms with Crippen LogP contribution in [0.25, 0.3) is 0 Å². The third-order valence-corrected chi connectivity index (χ3v) is 26.2. The van der Waals surface area contributed by atoms with E-state index in [1.54, 1.807) is 42.5 Å². The van der Waals surface area contributed by atoms with Gasteiger partial charge in [0.25, 0.3) is 0 Å². The molecule has 0 unspecified atom stereocenters. The molecule has 14 aromatic carbocycles. The van der Waals surface area contributed by atoms with Crippen molar-refractivity contribution in [2.75, 3.05) is 0 Å². The highest BCUT2D eigenvalue weighted by Gasteiger charge is 2.35. The van der Waals surface area contributed by atoms with Crippen LogP contribution in [0.5, 0.6) is 23.0 Å². The van der Waals surface area contributed by atoms with Gasteiger partial charge in [-0.05, 0) is 239 Å². The van der Waals surface area contributed by atoms with Gasteiger partial charge in [0.05, 0.1) is 65.8 Å². The van der Waals surface area contributed by atoms with Crippen molar-refractivity contribution < 1.29 is 38.1 Å². The highest BCUT2D eigenvalue weighted by Crippen LogP contribution is 2.40. The van der Waals surface area contributed by atoms with Crippen LogP contribution in [-0.2, 0) is 43.6 Å². The molecule has 0 bridgehead atoms. The second-order valence-electron chi connectivity index (χ2n) is 25.1. The summed E-state index contributed by atoms with van der Waals surface area (Å²) in [6.07, 6.45) is 0. The zero-order valence-corrected chi connectivity index (χ0v) is 62.7. The lowest BCUT2D eigenvalue weighted by molar-refractivity contribution is 0.0718. The minimum atomic E-state index is -0.542. The summed E-state index contributed by atoms with van der Waals surface area (Å²) in [4.78, 5) is 67.8. The van der Waals surface area contributed by atoms with Crippen LogP contribution in [0.2, 0.25) is 0 Å². The lowest BCUT2D eigenvalue weighted by atomic mass is 10.1. The van der Waals surface area contributed by atoms with Gasteiger partial charge in [-0.3, -0.25) is 0 Å². The van der Waals surface area contributed by atoms with Crippen molar-refractivity contribution >= 4 is 67.5 Å². The van der Waals surface area contributed by atoms with Gasteiger partial charge in [-0.2, -0.15) is 0 Å². The van der Waals surface area contributed by atoms with E-state index in [4.69, 9.17) is 18.9 Å². The second kappa shape index (κ2) is 34.3. The minimum Gasteiger partial charge on any atom is -0.423 e. The van der Waals surface area contributed by atoms with E-state index < -0.39 is 23.9 Å². The van der Waals surface area contributed by atoms with Gasteiger partial charge in [-0.15, -0.1) is 0 Å². The van der Waals surface area contributed by atoms with E-state index >= 15 is 0 Å². The maximum Gasteiger partial charge on any atom is 0.343 e. The molecule has 0 saturated heterocycles. The summed E-state index contributed by atoms with van der Waals surface area (Å²) in [6, 6.07) is 117. The van der Waals surface area contributed by atoms with Crippen LogP contribution < -0.4 is 18.9 Å². The monoisotopic (exact) mass is 1460 g/mol. The first-order valence-corrected chi connectivity index (χ1v) is 39.5. The van der Waals surface area contributed by atoms with Crippen LogP contribution >= 0.6 is 0 Å². The zero-order chi connectivity index (χ0) is 73.5. The molecule has 14 aromatic rings. The molecule has 520 valence electrons.